The van der Waals surface area contributed by atoms with Crippen molar-refractivity contribution in [3.63, 3.8) is 0 Å². The van der Waals surface area contributed by atoms with Crippen molar-refractivity contribution in [1.82, 2.24) is 24.6 Å². The van der Waals surface area contributed by atoms with Crippen LogP contribution in [0.25, 0.3) is 27.8 Å². The fourth-order valence-electron chi connectivity index (χ4n) is 3.77. The predicted molar refractivity (Wildman–Crippen MR) is 116 cm³/mol. The maximum atomic E-state index is 13.7. The predicted octanol–water partition coefficient (Wildman–Crippen LogP) is 4.94. The van der Waals surface area contributed by atoms with E-state index < -0.39 is 0 Å². The molecular formula is C23H21FN6. The van der Waals surface area contributed by atoms with E-state index >= 15 is 0 Å². The summed E-state index contributed by atoms with van der Waals surface area (Å²) in [4.78, 5) is 12.0. The minimum absolute atomic E-state index is 0.264. The number of fused-ring (bicyclic) bond motifs is 2. The van der Waals surface area contributed by atoms with Crippen LogP contribution in [0.1, 0.15) is 24.0 Å². The van der Waals surface area contributed by atoms with E-state index in [2.05, 4.69) is 56.7 Å². The lowest BCUT2D eigenvalue weighted by molar-refractivity contribution is 0.622. The molecule has 0 saturated heterocycles. The molecule has 0 fully saturated rings. The molecule has 0 amide bonds. The van der Waals surface area contributed by atoms with Gasteiger partial charge in [0.15, 0.2) is 5.65 Å². The van der Waals surface area contributed by atoms with Gasteiger partial charge in [0.1, 0.15) is 11.6 Å². The average Bonchev–Trinajstić information content (AvgIpc) is 3.36. The quantitative estimate of drug-likeness (QED) is 0.439. The topological polar surface area (TPSA) is 70.9 Å². The Balaban J connectivity index is 1.49. The second-order valence-electron chi connectivity index (χ2n) is 7.55. The van der Waals surface area contributed by atoms with Gasteiger partial charge < -0.3 is 10.3 Å². The fourth-order valence-corrected chi connectivity index (χ4v) is 3.77. The molecule has 2 N–H and O–H groups in total. The number of hydrogen-bond donors (Lipinski definition) is 2. The van der Waals surface area contributed by atoms with E-state index in [9.17, 15) is 4.39 Å². The second kappa shape index (κ2) is 7.26. The lowest BCUT2D eigenvalue weighted by Gasteiger charge is -2.15. The van der Waals surface area contributed by atoms with Gasteiger partial charge in [-0.1, -0.05) is 25.1 Å². The molecule has 6 nitrogen and oxygen atoms in total. The summed E-state index contributed by atoms with van der Waals surface area (Å²) in [6.45, 7) is 4.86. The molecule has 1 atom stereocenters. The summed E-state index contributed by atoms with van der Waals surface area (Å²) < 4.78 is 15.5. The molecule has 7 heteroatoms. The number of halogens is 1. The smallest absolute Gasteiger partial charge is 0.160 e. The molecule has 30 heavy (non-hydrogen) atoms. The Hall–Kier alpha value is -3.74. The zero-order valence-corrected chi connectivity index (χ0v) is 16.7. The largest absolute Gasteiger partial charge is 0.369 e. The van der Waals surface area contributed by atoms with Gasteiger partial charge in [0.25, 0.3) is 0 Å². The van der Waals surface area contributed by atoms with Crippen LogP contribution in [-0.4, -0.2) is 31.1 Å². The Morgan fingerprint density at radius 1 is 1.17 bits per heavy atom. The molecule has 0 aliphatic carbocycles. The van der Waals surface area contributed by atoms with Crippen molar-refractivity contribution in [3.05, 3.63) is 78.1 Å². The van der Waals surface area contributed by atoms with E-state index in [0.29, 0.717) is 17.8 Å². The maximum absolute atomic E-state index is 13.7. The number of para-hydroxylation sites is 1. The lowest BCUT2D eigenvalue weighted by Crippen LogP contribution is -2.13. The van der Waals surface area contributed by atoms with Crippen LogP contribution in [0.2, 0.25) is 0 Å². The first-order valence-electron chi connectivity index (χ1n) is 9.86. The number of nitrogens with zero attached hydrogens (tertiary/aromatic N) is 4. The first-order chi connectivity index (χ1) is 14.6. The highest BCUT2D eigenvalue weighted by atomic mass is 19.1. The third-order valence-corrected chi connectivity index (χ3v) is 5.39. The fraction of sp³-hybridized carbons (Fsp3) is 0.174. The summed E-state index contributed by atoms with van der Waals surface area (Å²) in [5, 5.41) is 9.20. The zero-order valence-electron chi connectivity index (χ0n) is 16.7. The number of aromatic nitrogens is 5. The number of rotatable bonds is 5. The highest BCUT2D eigenvalue weighted by molar-refractivity contribution is 5.83. The van der Waals surface area contributed by atoms with Crippen molar-refractivity contribution in [2.45, 2.75) is 19.8 Å². The second-order valence-corrected chi connectivity index (χ2v) is 7.55. The van der Waals surface area contributed by atoms with Crippen LogP contribution in [-0.2, 0) is 0 Å². The van der Waals surface area contributed by atoms with Crippen LogP contribution in [0.4, 0.5) is 10.2 Å². The molecular weight excluding hydrogens is 379 g/mol. The van der Waals surface area contributed by atoms with Crippen molar-refractivity contribution in [2.75, 3.05) is 11.9 Å². The third kappa shape index (κ3) is 3.18. The van der Waals surface area contributed by atoms with Gasteiger partial charge in [-0.05, 0) is 24.6 Å². The Kier molecular flexibility index (Phi) is 4.43. The molecule has 1 aromatic carbocycles. The summed E-state index contributed by atoms with van der Waals surface area (Å²) in [6.07, 6.45) is 6.66. The van der Waals surface area contributed by atoms with Crippen molar-refractivity contribution in [3.8, 4) is 11.3 Å². The van der Waals surface area contributed by atoms with Crippen molar-refractivity contribution < 1.29 is 4.39 Å². The van der Waals surface area contributed by atoms with Gasteiger partial charge in [0.2, 0.25) is 0 Å². The molecule has 0 bridgehead atoms. The van der Waals surface area contributed by atoms with Crippen LogP contribution >= 0.6 is 0 Å². The summed E-state index contributed by atoms with van der Waals surface area (Å²) in [5.74, 6) is 0.682. The van der Waals surface area contributed by atoms with Gasteiger partial charge in [-0.25, -0.2) is 9.37 Å². The van der Waals surface area contributed by atoms with Crippen molar-refractivity contribution >= 4 is 22.4 Å². The highest BCUT2D eigenvalue weighted by Gasteiger charge is 2.15. The highest BCUT2D eigenvalue weighted by Crippen LogP contribution is 2.27. The van der Waals surface area contributed by atoms with Crippen LogP contribution in [0.5, 0.6) is 0 Å². The molecule has 4 heterocycles. The molecule has 0 unspecified atom stereocenters. The minimum Gasteiger partial charge on any atom is -0.369 e. The Morgan fingerprint density at radius 3 is 2.90 bits per heavy atom. The normalized spacial score (nSPS) is 12.5. The Morgan fingerprint density at radius 2 is 2.03 bits per heavy atom. The maximum Gasteiger partial charge on any atom is 0.160 e. The molecule has 150 valence electrons. The molecule has 5 rings (SSSR count). The number of anilines is 1. The van der Waals surface area contributed by atoms with Crippen molar-refractivity contribution in [1.29, 1.82) is 0 Å². The van der Waals surface area contributed by atoms with Gasteiger partial charge in [-0.15, -0.1) is 0 Å². The monoisotopic (exact) mass is 400 g/mol. The number of hydrogen-bond acceptors (Lipinski definition) is 4. The van der Waals surface area contributed by atoms with E-state index in [0.717, 1.165) is 22.5 Å². The SMILES string of the molecule is Cc1cnn2c(NC[C@H](C)c3c[nH]c4ccccc34)cc(-c3cncc(F)c3)nc12. The molecule has 0 aliphatic rings. The van der Waals surface area contributed by atoms with Crippen LogP contribution < -0.4 is 5.32 Å². The number of aryl methyl sites for hydroxylation is 1. The number of benzene rings is 1. The van der Waals surface area contributed by atoms with Gasteiger partial charge in [0.05, 0.1) is 18.1 Å². The van der Waals surface area contributed by atoms with E-state index in [1.165, 1.54) is 23.2 Å². The van der Waals surface area contributed by atoms with Gasteiger partial charge >= 0.3 is 0 Å². The molecule has 4 aromatic heterocycles. The van der Waals surface area contributed by atoms with Crippen LogP contribution in [0.15, 0.2) is 61.2 Å². The zero-order chi connectivity index (χ0) is 20.7. The first kappa shape index (κ1) is 18.3. The van der Waals surface area contributed by atoms with Gasteiger partial charge in [-0.3, -0.25) is 4.98 Å². The minimum atomic E-state index is -0.387. The van der Waals surface area contributed by atoms with Crippen LogP contribution in [0, 0.1) is 12.7 Å². The Labute approximate surface area is 172 Å². The van der Waals surface area contributed by atoms with Gasteiger partial charge in [0, 0.05) is 53.0 Å². The molecule has 5 aromatic rings. The average molecular weight is 400 g/mol. The van der Waals surface area contributed by atoms with E-state index in [1.54, 1.807) is 16.9 Å². The van der Waals surface area contributed by atoms with Crippen LogP contribution in [0.3, 0.4) is 0 Å². The van der Waals surface area contributed by atoms with Gasteiger partial charge in [-0.2, -0.15) is 9.61 Å². The summed E-state index contributed by atoms with van der Waals surface area (Å²) in [6, 6.07) is 11.6. The van der Waals surface area contributed by atoms with E-state index in [4.69, 9.17) is 0 Å². The summed E-state index contributed by atoms with van der Waals surface area (Å²) >= 11 is 0. The molecule has 0 spiro atoms. The lowest BCUT2D eigenvalue weighted by atomic mass is 10.0. The van der Waals surface area contributed by atoms with E-state index in [1.807, 2.05) is 19.1 Å². The molecule has 0 aliphatic heterocycles. The molecule has 0 radical (unpaired) electrons. The number of nitrogens with one attached hydrogen (secondary N) is 2. The Bertz CT molecular complexity index is 1350. The summed E-state index contributed by atoms with van der Waals surface area (Å²) in [5.41, 5.74) is 5.36. The number of aromatic amines is 1. The summed E-state index contributed by atoms with van der Waals surface area (Å²) in [7, 11) is 0. The molecule has 0 saturated carbocycles. The third-order valence-electron chi connectivity index (χ3n) is 5.39. The number of pyridine rings is 1. The standard InChI is InChI=1S/C23H21FN6/c1-14(19-13-26-20-6-4-3-5-18(19)20)9-27-22-8-21(16-7-17(24)12-25-11-16)29-23-15(2)10-28-30(22)23/h3-8,10-14,26-27H,9H2,1-2H3/t14-/m0/s1. The van der Waals surface area contributed by atoms with Crippen molar-refractivity contribution in [2.24, 2.45) is 0 Å². The number of H-pyrrole nitrogens is 1. The first-order valence-corrected chi connectivity index (χ1v) is 9.86. The van der Waals surface area contributed by atoms with E-state index in [-0.39, 0.29) is 11.7 Å².